The fourth-order valence-electron chi connectivity index (χ4n) is 2.22. The topological polar surface area (TPSA) is 78.9 Å². The number of fused-ring (bicyclic) bond motifs is 1. The third-order valence-corrected chi connectivity index (χ3v) is 3.63. The molecule has 1 aromatic heterocycles. The van der Waals surface area contributed by atoms with Crippen molar-refractivity contribution in [3.05, 3.63) is 58.3 Å². The summed E-state index contributed by atoms with van der Waals surface area (Å²) in [5, 5.41) is 18.6. The van der Waals surface area contributed by atoms with Crippen molar-refractivity contribution in [2.75, 3.05) is 0 Å². The Labute approximate surface area is 128 Å². The number of carbonyl (C=O) groups is 1. The highest BCUT2D eigenvalue weighted by Gasteiger charge is 2.16. The second kappa shape index (κ2) is 5.04. The van der Waals surface area contributed by atoms with Crippen LogP contribution in [0.4, 0.5) is 0 Å². The number of carboxylic acids is 1. The Hall–Kier alpha value is -2.65. The maximum Gasteiger partial charge on any atom is 0.337 e. The van der Waals surface area contributed by atoms with Crippen molar-refractivity contribution < 1.29 is 9.90 Å². The molecule has 0 spiro atoms. The quantitative estimate of drug-likeness (QED) is 0.775. The van der Waals surface area contributed by atoms with Crippen LogP contribution in [0.3, 0.4) is 0 Å². The van der Waals surface area contributed by atoms with Crippen LogP contribution in [-0.4, -0.2) is 20.6 Å². The number of benzene rings is 2. The Balaban J connectivity index is 2.39. The van der Waals surface area contributed by atoms with Crippen LogP contribution in [-0.2, 0) is 0 Å². The number of hydrogen-bond acceptors (Lipinski definition) is 3. The molecule has 3 rings (SSSR count). The molecule has 0 aliphatic carbocycles. The van der Waals surface area contributed by atoms with Crippen LogP contribution >= 0.6 is 15.9 Å². The molecule has 0 fully saturated rings. The largest absolute Gasteiger partial charge is 0.478 e. The lowest BCUT2D eigenvalue weighted by Gasteiger charge is -2.09. The predicted octanol–water partition coefficient (Wildman–Crippen LogP) is 3.36. The fraction of sp³-hybridized carbons (Fsp3) is 0. The van der Waals surface area contributed by atoms with Gasteiger partial charge in [0.15, 0.2) is 0 Å². The first-order chi connectivity index (χ1) is 10.1. The molecule has 0 bridgehead atoms. The number of carboxylic acid groups (broad SMARTS) is 1. The number of para-hydroxylation sites is 1. The smallest absolute Gasteiger partial charge is 0.337 e. The van der Waals surface area contributed by atoms with Gasteiger partial charge in [0, 0.05) is 4.47 Å². The van der Waals surface area contributed by atoms with Crippen molar-refractivity contribution in [2.24, 2.45) is 0 Å². The van der Waals surface area contributed by atoms with E-state index in [1.54, 1.807) is 34.9 Å². The molecule has 0 saturated carbocycles. The highest BCUT2D eigenvalue weighted by Crippen LogP contribution is 2.26. The number of hydrogen-bond donors (Lipinski definition) is 1. The molecule has 21 heavy (non-hydrogen) atoms. The van der Waals surface area contributed by atoms with E-state index in [4.69, 9.17) is 0 Å². The zero-order valence-electron chi connectivity index (χ0n) is 10.6. The normalized spacial score (nSPS) is 10.5. The molecule has 0 saturated heterocycles. The molecule has 0 atom stereocenters. The van der Waals surface area contributed by atoms with Crippen molar-refractivity contribution in [1.82, 2.24) is 9.55 Å². The molecule has 0 amide bonds. The number of imidazole rings is 1. The summed E-state index contributed by atoms with van der Waals surface area (Å²) in [5.74, 6) is -1.03. The van der Waals surface area contributed by atoms with E-state index in [1.807, 2.05) is 0 Å². The van der Waals surface area contributed by atoms with Gasteiger partial charge in [-0.05, 0) is 30.3 Å². The van der Waals surface area contributed by atoms with E-state index in [9.17, 15) is 15.2 Å². The molecular weight excluding hydrogens is 334 g/mol. The number of aromatic nitrogens is 2. The van der Waals surface area contributed by atoms with Crippen LogP contribution in [0, 0.1) is 11.3 Å². The Bertz CT molecular complexity index is 909. The van der Waals surface area contributed by atoms with Gasteiger partial charge in [-0.15, -0.1) is 0 Å². The molecule has 5 nitrogen and oxygen atoms in total. The van der Waals surface area contributed by atoms with Crippen LogP contribution < -0.4 is 0 Å². The minimum Gasteiger partial charge on any atom is -0.478 e. The molecule has 3 aromatic rings. The van der Waals surface area contributed by atoms with Crippen LogP contribution in [0.2, 0.25) is 0 Å². The molecular formula is C15H8BrN3O2. The second-order valence-electron chi connectivity index (χ2n) is 4.37. The van der Waals surface area contributed by atoms with Gasteiger partial charge in [0.05, 0.1) is 27.8 Å². The van der Waals surface area contributed by atoms with E-state index in [0.29, 0.717) is 22.3 Å². The van der Waals surface area contributed by atoms with Crippen LogP contribution in [0.1, 0.15) is 15.9 Å². The maximum atomic E-state index is 11.4. The summed E-state index contributed by atoms with van der Waals surface area (Å²) in [6.07, 6.45) is 1.53. The molecule has 102 valence electrons. The van der Waals surface area contributed by atoms with Gasteiger partial charge in [0.25, 0.3) is 0 Å². The lowest BCUT2D eigenvalue weighted by molar-refractivity contribution is 0.0698. The Kier molecular flexibility index (Phi) is 3.20. The summed E-state index contributed by atoms with van der Waals surface area (Å²) in [7, 11) is 0. The van der Waals surface area contributed by atoms with Crippen molar-refractivity contribution in [3.63, 3.8) is 0 Å². The zero-order valence-corrected chi connectivity index (χ0v) is 12.2. The highest BCUT2D eigenvalue weighted by molar-refractivity contribution is 9.10. The van der Waals surface area contributed by atoms with Gasteiger partial charge in [-0.1, -0.05) is 22.0 Å². The van der Waals surface area contributed by atoms with Crippen LogP contribution in [0.15, 0.2) is 47.2 Å². The number of aromatic carboxylic acids is 1. The molecule has 1 heterocycles. The predicted molar refractivity (Wildman–Crippen MR) is 80.4 cm³/mol. The van der Waals surface area contributed by atoms with Crippen molar-refractivity contribution >= 4 is 32.9 Å². The molecule has 2 aromatic carbocycles. The Morgan fingerprint density at radius 3 is 2.86 bits per heavy atom. The SMILES string of the molecule is N#Cc1ccc(Br)cc1-n1cnc2cccc(C(=O)O)c21. The maximum absolute atomic E-state index is 11.4. The molecule has 6 heteroatoms. The monoisotopic (exact) mass is 341 g/mol. The molecule has 0 unspecified atom stereocenters. The minimum atomic E-state index is -1.03. The van der Waals surface area contributed by atoms with Gasteiger partial charge in [0.2, 0.25) is 0 Å². The molecule has 0 aliphatic heterocycles. The minimum absolute atomic E-state index is 0.147. The number of nitriles is 1. The third kappa shape index (κ3) is 2.18. The average Bonchev–Trinajstić information content (AvgIpc) is 2.90. The standard InChI is InChI=1S/C15H8BrN3O2/c16-10-5-4-9(7-17)13(6-10)19-8-18-12-3-1-2-11(14(12)19)15(20)21/h1-6,8H,(H,20,21). The first-order valence-electron chi connectivity index (χ1n) is 6.01. The summed E-state index contributed by atoms with van der Waals surface area (Å²) in [5.41, 5.74) is 2.22. The fourth-order valence-corrected chi connectivity index (χ4v) is 2.57. The van der Waals surface area contributed by atoms with Gasteiger partial charge >= 0.3 is 5.97 Å². The van der Waals surface area contributed by atoms with Crippen LogP contribution in [0.25, 0.3) is 16.7 Å². The second-order valence-corrected chi connectivity index (χ2v) is 5.28. The average molecular weight is 342 g/mol. The summed E-state index contributed by atoms with van der Waals surface area (Å²) in [6, 6.07) is 12.2. The van der Waals surface area contributed by atoms with E-state index in [1.165, 1.54) is 12.4 Å². The van der Waals surface area contributed by atoms with Gasteiger partial charge in [0.1, 0.15) is 12.4 Å². The third-order valence-electron chi connectivity index (χ3n) is 3.14. The van der Waals surface area contributed by atoms with Crippen molar-refractivity contribution in [1.29, 1.82) is 5.26 Å². The van der Waals surface area contributed by atoms with Crippen LogP contribution in [0.5, 0.6) is 0 Å². The Morgan fingerprint density at radius 2 is 2.14 bits per heavy atom. The summed E-state index contributed by atoms with van der Waals surface area (Å²) >= 11 is 3.36. The summed E-state index contributed by atoms with van der Waals surface area (Å²) in [6.45, 7) is 0. The summed E-state index contributed by atoms with van der Waals surface area (Å²) in [4.78, 5) is 15.6. The van der Waals surface area contributed by atoms with Crippen molar-refractivity contribution in [2.45, 2.75) is 0 Å². The highest BCUT2D eigenvalue weighted by atomic mass is 79.9. The first kappa shape index (κ1) is 13.3. The molecule has 0 aliphatic rings. The van der Waals surface area contributed by atoms with Gasteiger partial charge in [-0.3, -0.25) is 4.57 Å². The number of nitrogens with zero attached hydrogens (tertiary/aromatic N) is 3. The number of halogens is 1. The van der Waals surface area contributed by atoms with E-state index < -0.39 is 5.97 Å². The van der Waals surface area contributed by atoms with E-state index >= 15 is 0 Å². The van der Waals surface area contributed by atoms with Gasteiger partial charge < -0.3 is 5.11 Å². The molecule has 0 radical (unpaired) electrons. The van der Waals surface area contributed by atoms with E-state index in [-0.39, 0.29) is 5.56 Å². The lowest BCUT2D eigenvalue weighted by Crippen LogP contribution is -2.03. The molecule has 1 N–H and O–H groups in total. The first-order valence-corrected chi connectivity index (χ1v) is 6.80. The van der Waals surface area contributed by atoms with Crippen molar-refractivity contribution in [3.8, 4) is 11.8 Å². The van der Waals surface area contributed by atoms with Gasteiger partial charge in [-0.2, -0.15) is 5.26 Å². The zero-order chi connectivity index (χ0) is 15.0. The Morgan fingerprint density at radius 1 is 1.33 bits per heavy atom. The number of rotatable bonds is 2. The summed E-state index contributed by atoms with van der Waals surface area (Å²) < 4.78 is 2.42. The van der Waals surface area contributed by atoms with E-state index in [0.717, 1.165) is 4.47 Å². The lowest BCUT2D eigenvalue weighted by atomic mass is 10.1. The van der Waals surface area contributed by atoms with Gasteiger partial charge in [-0.25, -0.2) is 9.78 Å². The van der Waals surface area contributed by atoms with E-state index in [2.05, 4.69) is 27.0 Å².